The van der Waals surface area contributed by atoms with Crippen molar-refractivity contribution in [2.24, 2.45) is 0 Å². The quantitative estimate of drug-likeness (QED) is 0.454. The van der Waals surface area contributed by atoms with Gasteiger partial charge in [0.1, 0.15) is 5.75 Å². The van der Waals surface area contributed by atoms with E-state index in [1.807, 2.05) is 42.5 Å². The number of fused-ring (bicyclic) bond motifs is 3. The molecule has 0 bridgehead atoms. The smallest absolute Gasteiger partial charge is 0.216 e. The molecule has 1 aliphatic rings. The average molecular weight is 456 g/mol. The van der Waals surface area contributed by atoms with E-state index in [9.17, 15) is 14.7 Å². The summed E-state index contributed by atoms with van der Waals surface area (Å²) < 4.78 is 5.73. The van der Waals surface area contributed by atoms with Crippen molar-refractivity contribution in [1.29, 1.82) is 0 Å². The van der Waals surface area contributed by atoms with Crippen molar-refractivity contribution in [2.75, 3.05) is 19.7 Å². The molecule has 168 valence electrons. The van der Waals surface area contributed by atoms with E-state index < -0.39 is 6.10 Å². The van der Waals surface area contributed by atoms with Gasteiger partial charge >= 0.3 is 0 Å². The van der Waals surface area contributed by atoms with Crippen LogP contribution in [-0.4, -0.2) is 53.1 Å². The van der Waals surface area contributed by atoms with Crippen molar-refractivity contribution in [3.05, 3.63) is 64.3 Å². The van der Waals surface area contributed by atoms with E-state index in [0.29, 0.717) is 30.3 Å². The van der Waals surface area contributed by atoms with Gasteiger partial charge < -0.3 is 25.0 Å². The molecular formula is C24H26ClN3O4. The monoisotopic (exact) mass is 455 g/mol. The molecule has 2 atom stereocenters. The van der Waals surface area contributed by atoms with Crippen LogP contribution in [0.25, 0.3) is 10.9 Å². The van der Waals surface area contributed by atoms with Gasteiger partial charge in [0.25, 0.3) is 0 Å². The Hall–Kier alpha value is -3.03. The number of H-pyrrole nitrogens is 1. The van der Waals surface area contributed by atoms with Gasteiger partial charge in [-0.3, -0.25) is 9.59 Å². The number of nitrogens with zero attached hydrogens (tertiary/aromatic N) is 1. The topological polar surface area (TPSA) is 94.7 Å². The molecule has 4 rings (SSSR count). The predicted molar refractivity (Wildman–Crippen MR) is 123 cm³/mol. The average Bonchev–Trinajstić information content (AvgIpc) is 3.15. The standard InChI is InChI=1S/C24H26ClN3O4/c1-15(30)26-13-18(31)9-11-32-19-5-2-16(3-6-19)24-23-20(8-10-28(24)14-29)21-12-17(25)4-7-22(21)27-23/h2-7,12,14,18,24,27,31H,8-11,13H2,1H3,(H,26,30). The van der Waals surface area contributed by atoms with Gasteiger partial charge in [-0.15, -0.1) is 0 Å². The number of aromatic nitrogens is 1. The van der Waals surface area contributed by atoms with E-state index >= 15 is 0 Å². The Balaban J connectivity index is 1.49. The summed E-state index contributed by atoms with van der Waals surface area (Å²) in [6, 6.07) is 13.2. The summed E-state index contributed by atoms with van der Waals surface area (Å²) in [6.07, 6.45) is 1.42. The number of hydrogen-bond acceptors (Lipinski definition) is 4. The highest BCUT2D eigenvalue weighted by atomic mass is 35.5. The molecule has 3 aromatic rings. The Morgan fingerprint density at radius 2 is 2.12 bits per heavy atom. The first kappa shape index (κ1) is 22.2. The zero-order valence-electron chi connectivity index (χ0n) is 17.8. The number of carbonyl (C=O) groups excluding carboxylic acids is 2. The van der Waals surface area contributed by atoms with Gasteiger partial charge in [0.05, 0.1) is 18.8 Å². The summed E-state index contributed by atoms with van der Waals surface area (Å²) in [5.41, 5.74) is 4.19. The third kappa shape index (κ3) is 4.74. The number of carbonyl (C=O) groups is 2. The zero-order valence-corrected chi connectivity index (χ0v) is 18.6. The second-order valence-electron chi connectivity index (χ2n) is 8.00. The number of halogens is 1. The summed E-state index contributed by atoms with van der Waals surface area (Å²) >= 11 is 6.21. The Kier molecular flexibility index (Phi) is 6.67. The number of benzene rings is 2. The van der Waals surface area contributed by atoms with Crippen LogP contribution in [-0.2, 0) is 16.0 Å². The molecule has 3 N–H and O–H groups in total. The van der Waals surface area contributed by atoms with Crippen LogP contribution in [0.1, 0.15) is 36.2 Å². The molecule has 1 aromatic heterocycles. The lowest BCUT2D eigenvalue weighted by atomic mass is 9.93. The van der Waals surface area contributed by atoms with Crippen LogP contribution < -0.4 is 10.1 Å². The van der Waals surface area contributed by atoms with Gasteiger partial charge in [-0.25, -0.2) is 0 Å². The van der Waals surface area contributed by atoms with E-state index in [4.69, 9.17) is 16.3 Å². The van der Waals surface area contributed by atoms with Crippen molar-refractivity contribution < 1.29 is 19.4 Å². The Morgan fingerprint density at radius 1 is 1.34 bits per heavy atom. The van der Waals surface area contributed by atoms with E-state index in [-0.39, 0.29) is 18.5 Å². The highest BCUT2D eigenvalue weighted by Gasteiger charge is 2.31. The molecule has 8 heteroatoms. The zero-order chi connectivity index (χ0) is 22.7. The van der Waals surface area contributed by atoms with Crippen LogP contribution in [0.5, 0.6) is 5.75 Å². The van der Waals surface area contributed by atoms with Gasteiger partial charge in [0.15, 0.2) is 0 Å². The molecule has 0 saturated heterocycles. The summed E-state index contributed by atoms with van der Waals surface area (Å²) in [5, 5.41) is 14.2. The van der Waals surface area contributed by atoms with E-state index in [2.05, 4.69) is 10.3 Å². The fraction of sp³-hybridized carbons (Fsp3) is 0.333. The molecule has 1 aliphatic heterocycles. The van der Waals surface area contributed by atoms with Crippen molar-refractivity contribution in [2.45, 2.75) is 31.9 Å². The van der Waals surface area contributed by atoms with Crippen molar-refractivity contribution in [1.82, 2.24) is 15.2 Å². The van der Waals surface area contributed by atoms with Crippen LogP contribution in [0.4, 0.5) is 0 Å². The number of aliphatic hydroxyl groups excluding tert-OH is 1. The molecule has 0 aliphatic carbocycles. The first-order chi connectivity index (χ1) is 15.5. The van der Waals surface area contributed by atoms with Crippen LogP contribution in [0.2, 0.25) is 5.02 Å². The normalized spacial score (nSPS) is 16.5. The highest BCUT2D eigenvalue weighted by molar-refractivity contribution is 6.31. The minimum atomic E-state index is -0.657. The molecular weight excluding hydrogens is 430 g/mol. The number of hydrogen-bond donors (Lipinski definition) is 3. The summed E-state index contributed by atoms with van der Waals surface area (Å²) in [5.74, 6) is 0.506. The van der Waals surface area contributed by atoms with Crippen LogP contribution >= 0.6 is 11.6 Å². The number of nitrogens with one attached hydrogen (secondary N) is 2. The second-order valence-corrected chi connectivity index (χ2v) is 8.44. The molecule has 2 unspecified atom stereocenters. The van der Waals surface area contributed by atoms with Gasteiger partial charge in [-0.05, 0) is 47.9 Å². The SMILES string of the molecule is CC(=O)NCC(O)CCOc1ccc(C2c3[nH]c4ccc(Cl)cc4c3CCN2C=O)cc1. The number of rotatable bonds is 8. The number of amides is 2. The Labute approximate surface area is 191 Å². The van der Waals surface area contributed by atoms with Crippen molar-refractivity contribution in [3.63, 3.8) is 0 Å². The Bertz CT molecular complexity index is 1110. The number of ether oxygens (including phenoxy) is 1. The van der Waals surface area contributed by atoms with E-state index in [0.717, 1.165) is 35.0 Å². The highest BCUT2D eigenvalue weighted by Crippen LogP contribution is 2.38. The maximum absolute atomic E-state index is 11.8. The third-order valence-electron chi connectivity index (χ3n) is 5.76. The predicted octanol–water partition coefficient (Wildman–Crippen LogP) is 3.19. The second kappa shape index (κ2) is 9.63. The molecule has 32 heavy (non-hydrogen) atoms. The molecule has 2 aromatic carbocycles. The molecule has 0 saturated carbocycles. The number of aliphatic hydroxyl groups is 1. The molecule has 0 spiro atoms. The fourth-order valence-electron chi connectivity index (χ4n) is 4.17. The molecule has 2 amide bonds. The summed E-state index contributed by atoms with van der Waals surface area (Å²) in [6.45, 7) is 2.58. The molecule has 7 nitrogen and oxygen atoms in total. The van der Waals surface area contributed by atoms with E-state index in [1.54, 1.807) is 4.90 Å². The van der Waals surface area contributed by atoms with Crippen molar-refractivity contribution >= 4 is 34.8 Å². The van der Waals surface area contributed by atoms with Crippen LogP contribution in [0, 0.1) is 0 Å². The van der Waals surface area contributed by atoms with Gasteiger partial charge in [0.2, 0.25) is 12.3 Å². The lowest BCUT2D eigenvalue weighted by Gasteiger charge is -2.33. The van der Waals surface area contributed by atoms with Crippen molar-refractivity contribution in [3.8, 4) is 5.75 Å². The molecule has 0 radical (unpaired) electrons. The van der Waals surface area contributed by atoms with Gasteiger partial charge in [-0.1, -0.05) is 23.7 Å². The largest absolute Gasteiger partial charge is 0.493 e. The molecule has 0 fully saturated rings. The number of aromatic amines is 1. The van der Waals surface area contributed by atoms with Crippen LogP contribution in [0.3, 0.4) is 0 Å². The summed E-state index contributed by atoms with van der Waals surface area (Å²) in [4.78, 5) is 28.0. The maximum atomic E-state index is 11.8. The third-order valence-corrected chi connectivity index (χ3v) is 6.00. The van der Waals surface area contributed by atoms with E-state index in [1.165, 1.54) is 12.5 Å². The minimum absolute atomic E-state index is 0.172. The van der Waals surface area contributed by atoms with Gasteiger partial charge in [0, 0.05) is 48.1 Å². The van der Waals surface area contributed by atoms with Gasteiger partial charge in [-0.2, -0.15) is 0 Å². The fourth-order valence-corrected chi connectivity index (χ4v) is 4.35. The first-order valence-electron chi connectivity index (χ1n) is 10.6. The molecule has 2 heterocycles. The summed E-state index contributed by atoms with van der Waals surface area (Å²) in [7, 11) is 0. The van der Waals surface area contributed by atoms with Crippen LogP contribution in [0.15, 0.2) is 42.5 Å². The maximum Gasteiger partial charge on any atom is 0.216 e. The Morgan fingerprint density at radius 3 is 2.84 bits per heavy atom. The lowest BCUT2D eigenvalue weighted by molar-refractivity contribution is -0.120. The lowest BCUT2D eigenvalue weighted by Crippen LogP contribution is -2.34. The first-order valence-corrected chi connectivity index (χ1v) is 11.0. The minimum Gasteiger partial charge on any atom is -0.493 e.